The zero-order valence-corrected chi connectivity index (χ0v) is 16.3. The highest BCUT2D eigenvalue weighted by Gasteiger charge is 2.40. The van der Waals surface area contributed by atoms with Gasteiger partial charge >= 0.3 is 0 Å². The molecule has 0 spiro atoms. The van der Waals surface area contributed by atoms with Gasteiger partial charge < -0.3 is 9.84 Å². The third-order valence-corrected chi connectivity index (χ3v) is 5.41. The average molecular weight is 383 g/mol. The third-order valence-electron chi connectivity index (χ3n) is 4.35. The summed E-state index contributed by atoms with van der Waals surface area (Å²) in [6.07, 6.45) is 0. The van der Waals surface area contributed by atoms with Gasteiger partial charge in [0.2, 0.25) is 0 Å². The maximum atomic E-state index is 13.2. The third kappa shape index (κ3) is 3.63. The van der Waals surface area contributed by atoms with E-state index >= 15 is 0 Å². The lowest BCUT2D eigenvalue weighted by molar-refractivity contribution is -0.119. The van der Waals surface area contributed by atoms with Crippen molar-refractivity contribution >= 4 is 34.8 Å². The number of aliphatic hydroxyl groups is 1. The van der Waals surface area contributed by atoms with Crippen LogP contribution in [0, 0.1) is 13.8 Å². The highest BCUT2D eigenvalue weighted by Crippen LogP contribution is 2.39. The quantitative estimate of drug-likeness (QED) is 0.775. The van der Waals surface area contributed by atoms with Crippen molar-refractivity contribution in [2.24, 2.45) is 0 Å². The van der Waals surface area contributed by atoms with Crippen LogP contribution in [-0.2, 0) is 9.59 Å². The first-order valence-corrected chi connectivity index (χ1v) is 9.55. The SMILES string of the molecule is COc1ccc(C2=C(SCCO)C(=O)N(c3ccc(C)cc3C)C2=O)cc1. The van der Waals surface area contributed by atoms with Crippen LogP contribution in [0.25, 0.3) is 5.57 Å². The second-order valence-electron chi connectivity index (χ2n) is 6.24. The molecule has 0 aliphatic carbocycles. The summed E-state index contributed by atoms with van der Waals surface area (Å²) in [7, 11) is 1.57. The first-order valence-electron chi connectivity index (χ1n) is 8.56. The summed E-state index contributed by atoms with van der Waals surface area (Å²) in [5.41, 5.74) is 3.52. The van der Waals surface area contributed by atoms with Crippen LogP contribution < -0.4 is 9.64 Å². The van der Waals surface area contributed by atoms with E-state index in [4.69, 9.17) is 4.74 Å². The largest absolute Gasteiger partial charge is 0.497 e. The Bertz CT molecular complexity index is 918. The molecule has 0 unspecified atom stereocenters. The minimum Gasteiger partial charge on any atom is -0.497 e. The normalized spacial score (nSPS) is 14.3. The molecule has 3 rings (SSSR count). The first-order chi connectivity index (χ1) is 13.0. The Balaban J connectivity index is 2.07. The van der Waals surface area contributed by atoms with Gasteiger partial charge in [0.25, 0.3) is 11.8 Å². The van der Waals surface area contributed by atoms with Crippen LogP contribution in [0.15, 0.2) is 47.4 Å². The topological polar surface area (TPSA) is 66.8 Å². The molecule has 5 nitrogen and oxygen atoms in total. The molecule has 0 saturated carbocycles. The molecule has 1 N–H and O–H groups in total. The molecule has 0 bridgehead atoms. The number of ether oxygens (including phenoxy) is 1. The van der Waals surface area contributed by atoms with Crippen molar-refractivity contribution in [3.8, 4) is 5.75 Å². The maximum Gasteiger partial charge on any atom is 0.272 e. The summed E-state index contributed by atoms with van der Waals surface area (Å²) in [6.45, 7) is 3.78. The van der Waals surface area contributed by atoms with Gasteiger partial charge in [0.05, 0.1) is 29.9 Å². The van der Waals surface area contributed by atoms with Gasteiger partial charge in [-0.1, -0.05) is 29.8 Å². The summed E-state index contributed by atoms with van der Waals surface area (Å²) >= 11 is 1.20. The molecule has 0 radical (unpaired) electrons. The van der Waals surface area contributed by atoms with E-state index in [9.17, 15) is 14.7 Å². The zero-order chi connectivity index (χ0) is 19.6. The summed E-state index contributed by atoms with van der Waals surface area (Å²) in [5, 5.41) is 9.19. The molecule has 2 amide bonds. The van der Waals surface area contributed by atoms with Gasteiger partial charge in [-0.05, 0) is 43.2 Å². The molecule has 0 saturated heterocycles. The molecule has 140 valence electrons. The molecule has 1 aliphatic heterocycles. The molecule has 0 fully saturated rings. The number of aryl methyl sites for hydroxylation is 2. The van der Waals surface area contributed by atoms with Crippen molar-refractivity contribution in [1.82, 2.24) is 0 Å². The van der Waals surface area contributed by atoms with Crippen molar-refractivity contribution in [2.45, 2.75) is 13.8 Å². The van der Waals surface area contributed by atoms with Crippen LogP contribution in [-0.4, -0.2) is 36.4 Å². The lowest BCUT2D eigenvalue weighted by Crippen LogP contribution is -2.32. The van der Waals surface area contributed by atoms with Crippen LogP contribution in [0.4, 0.5) is 5.69 Å². The number of imide groups is 1. The molecule has 1 aliphatic rings. The van der Waals surface area contributed by atoms with Gasteiger partial charge in [-0.3, -0.25) is 9.59 Å². The Kier molecular flexibility index (Phi) is 5.68. The fraction of sp³-hybridized carbons (Fsp3) is 0.238. The zero-order valence-electron chi connectivity index (χ0n) is 15.5. The van der Waals surface area contributed by atoms with Crippen molar-refractivity contribution in [3.05, 3.63) is 64.1 Å². The van der Waals surface area contributed by atoms with Gasteiger partial charge in [0, 0.05) is 5.75 Å². The predicted molar refractivity (Wildman–Crippen MR) is 108 cm³/mol. The minimum atomic E-state index is -0.351. The number of aliphatic hydroxyl groups excluding tert-OH is 1. The van der Waals surface area contributed by atoms with Crippen LogP contribution in [0.1, 0.15) is 16.7 Å². The monoisotopic (exact) mass is 383 g/mol. The van der Waals surface area contributed by atoms with Gasteiger partial charge in [-0.2, -0.15) is 0 Å². The van der Waals surface area contributed by atoms with E-state index in [2.05, 4.69) is 0 Å². The van der Waals surface area contributed by atoms with Gasteiger partial charge in [0.15, 0.2) is 0 Å². The van der Waals surface area contributed by atoms with Crippen LogP contribution in [0.3, 0.4) is 0 Å². The highest BCUT2D eigenvalue weighted by atomic mass is 32.2. The Hall–Kier alpha value is -2.57. The smallest absolute Gasteiger partial charge is 0.272 e. The minimum absolute atomic E-state index is 0.0743. The van der Waals surface area contributed by atoms with Crippen LogP contribution in [0.2, 0.25) is 0 Å². The Labute approximate surface area is 162 Å². The second-order valence-corrected chi connectivity index (χ2v) is 7.35. The number of benzene rings is 2. The maximum absolute atomic E-state index is 13.2. The lowest BCUT2D eigenvalue weighted by atomic mass is 10.1. The Morgan fingerprint density at radius 3 is 2.33 bits per heavy atom. The van der Waals surface area contributed by atoms with E-state index in [0.29, 0.717) is 33.2 Å². The molecule has 0 aromatic heterocycles. The van der Waals surface area contributed by atoms with E-state index in [-0.39, 0.29) is 18.4 Å². The van der Waals surface area contributed by atoms with Crippen molar-refractivity contribution in [3.63, 3.8) is 0 Å². The van der Waals surface area contributed by atoms with Gasteiger partial charge in [0.1, 0.15) is 5.75 Å². The highest BCUT2D eigenvalue weighted by molar-refractivity contribution is 8.04. The molecule has 6 heteroatoms. The van der Waals surface area contributed by atoms with Gasteiger partial charge in [-0.15, -0.1) is 11.8 Å². The number of carbonyl (C=O) groups is 2. The number of nitrogens with zero attached hydrogens (tertiary/aromatic N) is 1. The predicted octanol–water partition coefficient (Wildman–Crippen LogP) is 3.32. The fourth-order valence-electron chi connectivity index (χ4n) is 3.08. The van der Waals surface area contributed by atoms with Crippen molar-refractivity contribution < 1.29 is 19.4 Å². The fourth-order valence-corrected chi connectivity index (χ4v) is 3.94. The molecule has 1 heterocycles. The molecule has 2 aromatic carbocycles. The number of hydrogen-bond donors (Lipinski definition) is 1. The van der Waals surface area contributed by atoms with E-state index in [0.717, 1.165) is 11.1 Å². The summed E-state index contributed by atoms with van der Waals surface area (Å²) in [5.74, 6) is 0.315. The molecule has 2 aromatic rings. The van der Waals surface area contributed by atoms with E-state index < -0.39 is 0 Å². The number of hydrogen-bond acceptors (Lipinski definition) is 5. The Morgan fingerprint density at radius 1 is 1.04 bits per heavy atom. The number of rotatable bonds is 6. The summed E-state index contributed by atoms with van der Waals surface area (Å²) < 4.78 is 5.17. The van der Waals surface area contributed by atoms with E-state index in [1.54, 1.807) is 37.4 Å². The summed E-state index contributed by atoms with van der Waals surface area (Å²) in [6, 6.07) is 12.7. The Morgan fingerprint density at radius 2 is 1.74 bits per heavy atom. The van der Waals surface area contributed by atoms with E-state index in [1.165, 1.54) is 16.7 Å². The van der Waals surface area contributed by atoms with E-state index in [1.807, 2.05) is 26.0 Å². The number of carbonyl (C=O) groups excluding carboxylic acids is 2. The number of methoxy groups -OCH3 is 1. The molecular weight excluding hydrogens is 362 g/mol. The van der Waals surface area contributed by atoms with Gasteiger partial charge in [-0.25, -0.2) is 4.90 Å². The van der Waals surface area contributed by atoms with Crippen LogP contribution >= 0.6 is 11.8 Å². The molecular formula is C21H21NO4S. The van der Waals surface area contributed by atoms with Crippen molar-refractivity contribution in [1.29, 1.82) is 0 Å². The second kappa shape index (κ2) is 7.98. The average Bonchev–Trinajstić information content (AvgIpc) is 2.90. The van der Waals surface area contributed by atoms with Crippen molar-refractivity contribution in [2.75, 3.05) is 24.4 Å². The molecule has 27 heavy (non-hydrogen) atoms. The molecule has 0 atom stereocenters. The number of anilines is 1. The lowest BCUT2D eigenvalue weighted by Gasteiger charge is -2.18. The summed E-state index contributed by atoms with van der Waals surface area (Å²) in [4.78, 5) is 27.9. The van der Waals surface area contributed by atoms with Crippen LogP contribution in [0.5, 0.6) is 5.75 Å². The number of thioether (sulfide) groups is 1. The first kappa shape index (κ1) is 19.2. The number of amides is 2. The standard InChI is InChI=1S/C21H21NO4S/c1-13-4-9-17(14(2)12-13)22-20(24)18(19(21(22)25)27-11-10-23)15-5-7-16(26-3)8-6-15/h4-9,12,23H,10-11H2,1-3H3.